The van der Waals surface area contributed by atoms with Crippen molar-refractivity contribution in [1.82, 2.24) is 5.32 Å². The molecule has 1 aliphatic rings. The van der Waals surface area contributed by atoms with Crippen LogP contribution in [0.3, 0.4) is 0 Å². The van der Waals surface area contributed by atoms with Crippen LogP contribution in [-0.4, -0.2) is 31.6 Å². The lowest BCUT2D eigenvalue weighted by molar-refractivity contribution is -0.146. The van der Waals surface area contributed by atoms with Crippen molar-refractivity contribution >= 4 is 23.5 Å². The summed E-state index contributed by atoms with van der Waals surface area (Å²) in [6.45, 7) is -0.0292. The number of methoxy groups -OCH3 is 1. The van der Waals surface area contributed by atoms with E-state index in [1.807, 2.05) is 0 Å². The molecule has 1 aromatic carbocycles. The molecule has 2 rings (SSSR count). The van der Waals surface area contributed by atoms with Crippen molar-refractivity contribution in [2.24, 2.45) is 5.92 Å². The fourth-order valence-corrected chi connectivity index (χ4v) is 2.72. The zero-order valence-electron chi connectivity index (χ0n) is 12.5. The monoisotopic (exact) mass is 325 g/mol. The molecular formula is C16H20ClNO4. The minimum Gasteiger partial charge on any atom is -0.484 e. The minimum absolute atomic E-state index is 0.0292. The molecule has 6 heteroatoms. The molecule has 1 aliphatic carbocycles. The van der Waals surface area contributed by atoms with Crippen molar-refractivity contribution in [3.05, 3.63) is 29.3 Å². The molecule has 1 saturated carbocycles. The maximum atomic E-state index is 11.9. The Kier molecular flexibility index (Phi) is 6.07. The number of benzene rings is 1. The standard InChI is InChI=1S/C16H20ClNO4/c1-21-16(20)11-2-6-13(7-3-11)18-15(19)10-22-14-8-4-12(17)5-9-14/h4-5,8-9,11,13H,2-3,6-7,10H2,1H3,(H,18,19). The van der Waals surface area contributed by atoms with Gasteiger partial charge in [0, 0.05) is 11.1 Å². The van der Waals surface area contributed by atoms with E-state index in [-0.39, 0.29) is 30.4 Å². The van der Waals surface area contributed by atoms with Crippen LogP contribution in [-0.2, 0) is 14.3 Å². The highest BCUT2D eigenvalue weighted by Gasteiger charge is 2.27. The number of amides is 1. The summed E-state index contributed by atoms with van der Waals surface area (Å²) >= 11 is 5.78. The average Bonchev–Trinajstić information content (AvgIpc) is 2.54. The molecule has 120 valence electrons. The lowest BCUT2D eigenvalue weighted by atomic mass is 9.86. The Morgan fingerprint density at radius 2 is 1.82 bits per heavy atom. The molecule has 1 aromatic rings. The van der Waals surface area contributed by atoms with Crippen molar-refractivity contribution in [3.8, 4) is 5.75 Å². The van der Waals surface area contributed by atoms with Crippen LogP contribution >= 0.6 is 11.6 Å². The van der Waals surface area contributed by atoms with Gasteiger partial charge < -0.3 is 14.8 Å². The minimum atomic E-state index is -0.157. The summed E-state index contributed by atoms with van der Waals surface area (Å²) in [4.78, 5) is 23.3. The van der Waals surface area contributed by atoms with Crippen molar-refractivity contribution in [2.75, 3.05) is 13.7 Å². The van der Waals surface area contributed by atoms with Crippen LogP contribution in [0.2, 0.25) is 5.02 Å². The number of carbonyl (C=O) groups is 2. The van der Waals surface area contributed by atoms with Gasteiger partial charge in [-0.15, -0.1) is 0 Å². The Morgan fingerprint density at radius 3 is 2.41 bits per heavy atom. The van der Waals surface area contributed by atoms with Gasteiger partial charge in [0.05, 0.1) is 13.0 Å². The second-order valence-electron chi connectivity index (χ2n) is 5.38. The maximum Gasteiger partial charge on any atom is 0.308 e. The van der Waals surface area contributed by atoms with E-state index >= 15 is 0 Å². The topological polar surface area (TPSA) is 64.6 Å². The molecule has 5 nitrogen and oxygen atoms in total. The van der Waals surface area contributed by atoms with Gasteiger partial charge in [-0.05, 0) is 49.9 Å². The van der Waals surface area contributed by atoms with E-state index in [4.69, 9.17) is 21.1 Å². The van der Waals surface area contributed by atoms with Crippen LogP contribution in [0.15, 0.2) is 24.3 Å². The molecule has 1 N–H and O–H groups in total. The molecule has 1 amide bonds. The van der Waals surface area contributed by atoms with Crippen molar-refractivity contribution in [1.29, 1.82) is 0 Å². The number of nitrogens with one attached hydrogen (secondary N) is 1. The normalized spacial score (nSPS) is 21.0. The Balaban J connectivity index is 1.69. The van der Waals surface area contributed by atoms with Gasteiger partial charge in [0.15, 0.2) is 6.61 Å². The molecule has 0 atom stereocenters. The Labute approximate surface area is 134 Å². The van der Waals surface area contributed by atoms with Crippen LogP contribution in [0.4, 0.5) is 0 Å². The lowest BCUT2D eigenvalue weighted by Crippen LogP contribution is -2.41. The highest BCUT2D eigenvalue weighted by molar-refractivity contribution is 6.30. The molecule has 0 heterocycles. The zero-order chi connectivity index (χ0) is 15.9. The molecule has 0 bridgehead atoms. The van der Waals surface area contributed by atoms with Crippen LogP contribution in [0.5, 0.6) is 5.75 Å². The summed E-state index contributed by atoms with van der Waals surface area (Å²) in [6, 6.07) is 6.96. The third kappa shape index (κ3) is 4.91. The first kappa shape index (κ1) is 16.6. The van der Waals surface area contributed by atoms with Gasteiger partial charge >= 0.3 is 5.97 Å². The molecular weight excluding hydrogens is 306 g/mol. The number of rotatable bonds is 5. The first-order valence-corrected chi connectivity index (χ1v) is 7.72. The number of ether oxygens (including phenoxy) is 2. The summed E-state index contributed by atoms with van der Waals surface area (Å²) in [6.07, 6.45) is 3.06. The van der Waals surface area contributed by atoms with Gasteiger partial charge in [-0.1, -0.05) is 11.6 Å². The number of carbonyl (C=O) groups excluding carboxylic acids is 2. The Bertz CT molecular complexity index is 509. The van der Waals surface area contributed by atoms with E-state index in [1.54, 1.807) is 24.3 Å². The van der Waals surface area contributed by atoms with Gasteiger partial charge in [0.2, 0.25) is 0 Å². The highest BCUT2D eigenvalue weighted by atomic mass is 35.5. The van der Waals surface area contributed by atoms with Gasteiger partial charge in [-0.2, -0.15) is 0 Å². The van der Waals surface area contributed by atoms with Crippen LogP contribution in [0, 0.1) is 5.92 Å². The van der Waals surface area contributed by atoms with Crippen LogP contribution in [0.1, 0.15) is 25.7 Å². The smallest absolute Gasteiger partial charge is 0.308 e. The van der Waals surface area contributed by atoms with Crippen molar-refractivity contribution in [2.45, 2.75) is 31.7 Å². The molecule has 0 saturated heterocycles. The summed E-state index contributed by atoms with van der Waals surface area (Å²) in [7, 11) is 1.41. The van der Waals surface area contributed by atoms with Gasteiger partial charge in [0.1, 0.15) is 5.75 Å². The average molecular weight is 326 g/mol. The first-order valence-electron chi connectivity index (χ1n) is 7.34. The highest BCUT2D eigenvalue weighted by Crippen LogP contribution is 2.25. The molecule has 22 heavy (non-hydrogen) atoms. The van der Waals surface area contributed by atoms with Gasteiger partial charge in [-0.3, -0.25) is 9.59 Å². The van der Waals surface area contributed by atoms with E-state index < -0.39 is 0 Å². The Hall–Kier alpha value is -1.75. The van der Waals surface area contributed by atoms with E-state index in [0.29, 0.717) is 10.8 Å². The van der Waals surface area contributed by atoms with Crippen LogP contribution in [0.25, 0.3) is 0 Å². The predicted molar refractivity (Wildman–Crippen MR) is 82.9 cm³/mol. The van der Waals surface area contributed by atoms with Crippen molar-refractivity contribution in [3.63, 3.8) is 0 Å². The predicted octanol–water partition coefficient (Wildman–Crippen LogP) is 2.57. The maximum absolute atomic E-state index is 11.9. The number of halogens is 1. The summed E-state index contributed by atoms with van der Waals surface area (Å²) in [5, 5.41) is 3.56. The molecule has 0 unspecified atom stereocenters. The molecule has 1 fully saturated rings. The largest absolute Gasteiger partial charge is 0.484 e. The quantitative estimate of drug-likeness (QED) is 0.845. The molecule has 0 aliphatic heterocycles. The molecule has 0 aromatic heterocycles. The van der Waals surface area contributed by atoms with E-state index in [2.05, 4.69) is 5.32 Å². The Morgan fingerprint density at radius 1 is 1.18 bits per heavy atom. The second kappa shape index (κ2) is 8.03. The zero-order valence-corrected chi connectivity index (χ0v) is 13.3. The fourth-order valence-electron chi connectivity index (χ4n) is 2.59. The second-order valence-corrected chi connectivity index (χ2v) is 5.82. The van der Waals surface area contributed by atoms with E-state index in [1.165, 1.54) is 7.11 Å². The van der Waals surface area contributed by atoms with E-state index in [9.17, 15) is 9.59 Å². The van der Waals surface area contributed by atoms with Gasteiger partial charge in [-0.25, -0.2) is 0 Å². The fraction of sp³-hybridized carbons (Fsp3) is 0.500. The third-order valence-electron chi connectivity index (χ3n) is 3.81. The number of hydrogen-bond donors (Lipinski definition) is 1. The number of hydrogen-bond acceptors (Lipinski definition) is 4. The van der Waals surface area contributed by atoms with E-state index in [0.717, 1.165) is 25.7 Å². The third-order valence-corrected chi connectivity index (χ3v) is 4.06. The van der Waals surface area contributed by atoms with Crippen LogP contribution < -0.4 is 10.1 Å². The summed E-state index contributed by atoms with van der Waals surface area (Å²) in [5.74, 6) is 0.254. The van der Waals surface area contributed by atoms with Gasteiger partial charge in [0.25, 0.3) is 5.91 Å². The lowest BCUT2D eigenvalue weighted by Gasteiger charge is -2.27. The van der Waals surface area contributed by atoms with Crippen molar-refractivity contribution < 1.29 is 19.1 Å². The first-order chi connectivity index (χ1) is 10.6. The summed E-state index contributed by atoms with van der Waals surface area (Å²) in [5.41, 5.74) is 0. The molecule has 0 radical (unpaired) electrons. The SMILES string of the molecule is COC(=O)C1CCC(NC(=O)COc2ccc(Cl)cc2)CC1. The summed E-state index contributed by atoms with van der Waals surface area (Å²) < 4.78 is 10.1. The number of esters is 1. The molecule has 0 spiro atoms.